The number of hydrazine groups is 1. The summed E-state index contributed by atoms with van der Waals surface area (Å²) in [4.78, 5) is 34.4. The summed E-state index contributed by atoms with van der Waals surface area (Å²) in [6.07, 6.45) is -0.537. The molecule has 0 saturated carbocycles. The lowest BCUT2D eigenvalue weighted by molar-refractivity contribution is -0.385. The zero-order valence-electron chi connectivity index (χ0n) is 13.0. The van der Waals surface area contributed by atoms with E-state index in [0.717, 1.165) is 0 Å². The topological polar surface area (TPSA) is 145 Å². The van der Waals surface area contributed by atoms with Gasteiger partial charge in [0.1, 0.15) is 5.60 Å². The van der Waals surface area contributed by atoms with Gasteiger partial charge in [-0.05, 0) is 20.8 Å². The number of nitro groups is 1. The highest BCUT2D eigenvalue weighted by Crippen LogP contribution is 2.25. The standard InChI is InChI=1S/C14H19N3O6/c1-13(2,3)23-12(20)14(16-15,11(18)19)8-9-6-4-5-7-10(9)17(21)22/h4-7,16H,8,15H2,1-3H3,(H,18,19)/t14-/m0/s1. The lowest BCUT2D eigenvalue weighted by Gasteiger charge is -2.30. The van der Waals surface area contributed by atoms with Crippen LogP contribution in [0.25, 0.3) is 0 Å². The lowest BCUT2D eigenvalue weighted by Crippen LogP contribution is -2.64. The minimum absolute atomic E-state index is 0.0451. The molecule has 126 valence electrons. The van der Waals surface area contributed by atoms with Crippen LogP contribution in [0, 0.1) is 10.1 Å². The quantitative estimate of drug-likeness (QED) is 0.228. The van der Waals surface area contributed by atoms with Gasteiger partial charge in [0.25, 0.3) is 5.69 Å². The largest absolute Gasteiger partial charge is 0.479 e. The van der Waals surface area contributed by atoms with Gasteiger partial charge in [-0.1, -0.05) is 18.2 Å². The number of carbonyl (C=O) groups excluding carboxylic acids is 1. The number of ether oxygens (including phenoxy) is 1. The van der Waals surface area contributed by atoms with E-state index in [2.05, 4.69) is 0 Å². The van der Waals surface area contributed by atoms with Crippen LogP contribution >= 0.6 is 0 Å². The molecule has 0 spiro atoms. The molecule has 1 rings (SSSR count). The van der Waals surface area contributed by atoms with Gasteiger partial charge in [-0.3, -0.25) is 16.0 Å². The van der Waals surface area contributed by atoms with Crippen molar-refractivity contribution in [2.45, 2.75) is 38.3 Å². The molecule has 9 heteroatoms. The van der Waals surface area contributed by atoms with Crippen LogP contribution in [0.4, 0.5) is 5.69 Å². The van der Waals surface area contributed by atoms with Crippen molar-refractivity contribution in [3.8, 4) is 0 Å². The van der Waals surface area contributed by atoms with E-state index < -0.39 is 34.4 Å². The molecule has 1 aromatic carbocycles. The number of carboxylic acid groups (broad SMARTS) is 1. The molecular formula is C14H19N3O6. The first kappa shape index (κ1) is 18.5. The van der Waals surface area contributed by atoms with Crippen molar-refractivity contribution in [1.29, 1.82) is 0 Å². The predicted octanol–water partition coefficient (Wildman–Crippen LogP) is 0.766. The van der Waals surface area contributed by atoms with E-state index in [1.54, 1.807) is 20.8 Å². The number of hydrogen-bond donors (Lipinski definition) is 3. The Bertz CT molecular complexity index is 625. The van der Waals surface area contributed by atoms with Crippen molar-refractivity contribution >= 4 is 17.6 Å². The number of hydrogen-bond acceptors (Lipinski definition) is 7. The zero-order valence-corrected chi connectivity index (χ0v) is 13.0. The Morgan fingerprint density at radius 1 is 1.35 bits per heavy atom. The monoisotopic (exact) mass is 325 g/mol. The molecule has 0 saturated heterocycles. The van der Waals surface area contributed by atoms with E-state index in [1.807, 2.05) is 5.43 Å². The average Bonchev–Trinajstić information content (AvgIpc) is 2.42. The summed E-state index contributed by atoms with van der Waals surface area (Å²) in [6, 6.07) is 5.51. The third-order valence-electron chi connectivity index (χ3n) is 3.00. The van der Waals surface area contributed by atoms with E-state index >= 15 is 0 Å². The van der Waals surface area contributed by atoms with Crippen LogP contribution in [0.2, 0.25) is 0 Å². The highest BCUT2D eigenvalue weighted by Gasteiger charge is 2.49. The van der Waals surface area contributed by atoms with Gasteiger partial charge in [-0.25, -0.2) is 15.0 Å². The van der Waals surface area contributed by atoms with Gasteiger partial charge in [-0.2, -0.15) is 0 Å². The highest BCUT2D eigenvalue weighted by molar-refractivity contribution is 6.04. The first-order chi connectivity index (χ1) is 10.5. The normalized spacial score (nSPS) is 13.9. The molecular weight excluding hydrogens is 306 g/mol. The number of aliphatic carboxylic acids is 1. The number of nitrogens with zero attached hydrogens (tertiary/aromatic N) is 1. The molecule has 0 radical (unpaired) electrons. The fourth-order valence-electron chi connectivity index (χ4n) is 1.90. The van der Waals surface area contributed by atoms with Crippen molar-refractivity contribution in [1.82, 2.24) is 5.43 Å². The summed E-state index contributed by atoms with van der Waals surface area (Å²) in [5.74, 6) is 2.58. The fourth-order valence-corrected chi connectivity index (χ4v) is 1.90. The minimum atomic E-state index is -2.33. The average molecular weight is 325 g/mol. The van der Waals surface area contributed by atoms with Crippen LogP contribution in [0.15, 0.2) is 24.3 Å². The molecule has 0 aliphatic rings. The second kappa shape index (κ2) is 6.71. The van der Waals surface area contributed by atoms with Crippen molar-refractivity contribution in [3.05, 3.63) is 39.9 Å². The SMILES string of the molecule is CC(C)(C)OC(=O)[C@@](Cc1ccccc1[N+](=O)[O-])(NN)C(=O)O. The summed E-state index contributed by atoms with van der Waals surface area (Å²) in [7, 11) is 0. The summed E-state index contributed by atoms with van der Waals surface area (Å²) in [5.41, 5.74) is -1.59. The summed E-state index contributed by atoms with van der Waals surface area (Å²) < 4.78 is 5.10. The van der Waals surface area contributed by atoms with E-state index in [4.69, 9.17) is 10.6 Å². The smallest absolute Gasteiger partial charge is 0.340 e. The maximum atomic E-state index is 12.3. The Morgan fingerprint density at radius 2 is 1.91 bits per heavy atom. The number of para-hydroxylation sites is 1. The summed E-state index contributed by atoms with van der Waals surface area (Å²) in [6.45, 7) is 4.71. The summed E-state index contributed by atoms with van der Waals surface area (Å²) in [5, 5.41) is 20.5. The van der Waals surface area contributed by atoms with E-state index in [9.17, 15) is 24.8 Å². The van der Waals surface area contributed by atoms with Crippen molar-refractivity contribution in [2.24, 2.45) is 5.84 Å². The lowest BCUT2D eigenvalue weighted by atomic mass is 9.90. The van der Waals surface area contributed by atoms with Crippen LogP contribution in [0.1, 0.15) is 26.3 Å². The maximum Gasteiger partial charge on any atom is 0.340 e. The van der Waals surface area contributed by atoms with Gasteiger partial charge in [-0.15, -0.1) is 0 Å². The number of nitro benzene ring substituents is 1. The molecule has 0 amide bonds. The Morgan fingerprint density at radius 3 is 2.35 bits per heavy atom. The molecule has 0 fully saturated rings. The minimum Gasteiger partial charge on any atom is -0.479 e. The number of benzene rings is 1. The van der Waals surface area contributed by atoms with E-state index in [1.165, 1.54) is 24.3 Å². The maximum absolute atomic E-state index is 12.3. The Kier molecular flexibility index (Phi) is 5.41. The Hall–Kier alpha value is -2.52. The number of nitrogens with one attached hydrogen (secondary N) is 1. The summed E-state index contributed by atoms with van der Waals surface area (Å²) >= 11 is 0. The first-order valence-electron chi connectivity index (χ1n) is 6.70. The first-order valence-corrected chi connectivity index (χ1v) is 6.70. The van der Waals surface area contributed by atoms with Gasteiger partial charge < -0.3 is 9.84 Å². The molecule has 0 heterocycles. The van der Waals surface area contributed by atoms with Gasteiger partial charge in [0.05, 0.1) is 4.92 Å². The molecule has 23 heavy (non-hydrogen) atoms. The van der Waals surface area contributed by atoms with Gasteiger partial charge in [0.15, 0.2) is 0 Å². The third-order valence-corrected chi connectivity index (χ3v) is 3.00. The molecule has 1 atom stereocenters. The van der Waals surface area contributed by atoms with Crippen molar-refractivity contribution in [3.63, 3.8) is 0 Å². The number of carbonyl (C=O) groups is 2. The van der Waals surface area contributed by atoms with Crippen LogP contribution in [0.3, 0.4) is 0 Å². The molecule has 4 N–H and O–H groups in total. The second-order valence-electron chi connectivity index (χ2n) is 5.92. The highest BCUT2D eigenvalue weighted by atomic mass is 16.6. The van der Waals surface area contributed by atoms with E-state index in [-0.39, 0.29) is 11.3 Å². The number of nitrogens with two attached hydrogens (primary N) is 1. The van der Waals surface area contributed by atoms with E-state index in [0.29, 0.717) is 0 Å². The molecule has 0 aliphatic carbocycles. The molecule has 0 unspecified atom stereocenters. The van der Waals surface area contributed by atoms with Gasteiger partial charge in [0, 0.05) is 18.1 Å². The number of rotatable bonds is 6. The zero-order chi connectivity index (χ0) is 17.8. The molecule has 0 aliphatic heterocycles. The van der Waals surface area contributed by atoms with Crippen molar-refractivity contribution in [2.75, 3.05) is 0 Å². The Labute approximate surface area is 132 Å². The number of esters is 1. The molecule has 1 aromatic rings. The Balaban J connectivity index is 3.31. The van der Waals surface area contributed by atoms with Gasteiger partial charge >= 0.3 is 11.9 Å². The number of carboxylic acids is 1. The van der Waals surface area contributed by atoms with Crippen LogP contribution in [0.5, 0.6) is 0 Å². The molecule has 0 bridgehead atoms. The van der Waals surface area contributed by atoms with Crippen LogP contribution in [-0.2, 0) is 20.7 Å². The molecule has 9 nitrogen and oxygen atoms in total. The second-order valence-corrected chi connectivity index (χ2v) is 5.92. The predicted molar refractivity (Wildman–Crippen MR) is 80.3 cm³/mol. The van der Waals surface area contributed by atoms with Gasteiger partial charge in [0.2, 0.25) is 5.54 Å². The molecule has 0 aromatic heterocycles. The van der Waals surface area contributed by atoms with Crippen molar-refractivity contribution < 1.29 is 24.4 Å². The van der Waals surface area contributed by atoms with Crippen LogP contribution < -0.4 is 11.3 Å². The fraction of sp³-hybridized carbons (Fsp3) is 0.429. The van der Waals surface area contributed by atoms with Crippen LogP contribution in [-0.4, -0.2) is 33.1 Å². The third kappa shape index (κ3) is 4.24.